The van der Waals surface area contributed by atoms with Crippen LogP contribution in [0.5, 0.6) is 0 Å². The Kier molecular flexibility index (Phi) is 6.29. The van der Waals surface area contributed by atoms with Crippen LogP contribution in [0.15, 0.2) is 6.07 Å². The predicted octanol–water partition coefficient (Wildman–Crippen LogP) is 2.91. The minimum Gasteiger partial charge on any atom is -0.375 e. The summed E-state index contributed by atoms with van der Waals surface area (Å²) in [6.07, 6.45) is -0.253. The Bertz CT molecular complexity index is 350. The molecule has 1 rings (SSSR count). The monoisotopic (exact) mass is 264 g/mol. The number of rotatable bonds is 7. The van der Waals surface area contributed by atoms with E-state index in [1.165, 1.54) is 0 Å². The Labute approximate surface area is 104 Å². The summed E-state index contributed by atoms with van der Waals surface area (Å²) < 4.78 is 28.4. The molecule has 0 atom stereocenters. The van der Waals surface area contributed by atoms with E-state index < -0.39 is 13.0 Å². The van der Waals surface area contributed by atoms with Crippen molar-refractivity contribution in [1.29, 1.82) is 0 Å². The summed E-state index contributed by atoms with van der Waals surface area (Å²) in [5.74, 6) is 0.537. The maximum absolute atomic E-state index is 11.8. The topological polar surface area (TPSA) is 35.0 Å². The van der Waals surface area contributed by atoms with E-state index in [1.54, 1.807) is 6.07 Å². The lowest BCUT2D eigenvalue weighted by molar-refractivity contribution is 0.0182. The van der Waals surface area contributed by atoms with Gasteiger partial charge in [-0.1, -0.05) is 24.9 Å². The van der Waals surface area contributed by atoms with E-state index >= 15 is 0 Å². The third kappa shape index (κ3) is 5.89. The first-order valence-corrected chi connectivity index (χ1v) is 5.87. The van der Waals surface area contributed by atoms with Gasteiger partial charge >= 0.3 is 0 Å². The molecule has 0 amide bonds. The Hall–Kier alpha value is -0.810. The molecule has 0 aliphatic rings. The maximum Gasteiger partial charge on any atom is 0.261 e. The standard InChI is InChI=1S/C11H15ClF2N2O/c1-2-3-8-6-9(12)16-11(15-8)4-5-17-7-10(13)14/h6,10H,2-5,7H2,1H3. The highest BCUT2D eigenvalue weighted by molar-refractivity contribution is 6.29. The predicted molar refractivity (Wildman–Crippen MR) is 61.6 cm³/mol. The largest absolute Gasteiger partial charge is 0.375 e. The molecule has 1 aromatic heterocycles. The summed E-state index contributed by atoms with van der Waals surface area (Å²) in [5, 5.41) is 0.382. The molecule has 0 radical (unpaired) electrons. The molecule has 0 spiro atoms. The SMILES string of the molecule is CCCc1cc(Cl)nc(CCOCC(F)F)n1. The number of ether oxygens (including phenoxy) is 1. The van der Waals surface area contributed by atoms with Gasteiger partial charge in [0.15, 0.2) is 0 Å². The average molecular weight is 265 g/mol. The quantitative estimate of drug-likeness (QED) is 0.561. The van der Waals surface area contributed by atoms with Gasteiger partial charge < -0.3 is 4.74 Å². The molecular formula is C11H15ClF2N2O. The van der Waals surface area contributed by atoms with E-state index in [2.05, 4.69) is 9.97 Å². The lowest BCUT2D eigenvalue weighted by Gasteiger charge is -2.05. The summed E-state index contributed by atoms with van der Waals surface area (Å²) in [6.45, 7) is 1.67. The average Bonchev–Trinajstić information content (AvgIpc) is 2.24. The highest BCUT2D eigenvalue weighted by atomic mass is 35.5. The number of hydrogen-bond donors (Lipinski definition) is 0. The Morgan fingerprint density at radius 3 is 2.76 bits per heavy atom. The van der Waals surface area contributed by atoms with E-state index in [4.69, 9.17) is 16.3 Å². The van der Waals surface area contributed by atoms with Crippen LogP contribution < -0.4 is 0 Å². The molecule has 0 unspecified atom stereocenters. The lowest BCUT2D eigenvalue weighted by atomic mass is 10.2. The second-order valence-electron chi connectivity index (χ2n) is 3.56. The van der Waals surface area contributed by atoms with Crippen molar-refractivity contribution < 1.29 is 13.5 Å². The van der Waals surface area contributed by atoms with Gasteiger partial charge in [0, 0.05) is 12.1 Å². The second kappa shape index (κ2) is 7.50. The van der Waals surface area contributed by atoms with Gasteiger partial charge in [0.05, 0.1) is 6.61 Å². The first-order valence-electron chi connectivity index (χ1n) is 5.50. The number of alkyl halides is 2. The maximum atomic E-state index is 11.8. The van der Waals surface area contributed by atoms with E-state index in [1.807, 2.05) is 6.92 Å². The number of aromatic nitrogens is 2. The summed E-state index contributed by atoms with van der Waals surface area (Å²) in [6, 6.07) is 1.72. The minimum atomic E-state index is -2.44. The molecule has 0 saturated heterocycles. The first kappa shape index (κ1) is 14.3. The van der Waals surface area contributed by atoms with Crippen molar-refractivity contribution in [2.75, 3.05) is 13.2 Å². The molecule has 0 fully saturated rings. The van der Waals surface area contributed by atoms with Gasteiger partial charge in [0.2, 0.25) is 0 Å². The number of nitrogens with zero attached hydrogens (tertiary/aromatic N) is 2. The van der Waals surface area contributed by atoms with Crippen LogP contribution in [-0.2, 0) is 17.6 Å². The minimum absolute atomic E-state index is 0.177. The van der Waals surface area contributed by atoms with Crippen molar-refractivity contribution >= 4 is 11.6 Å². The molecule has 0 N–H and O–H groups in total. The molecular weight excluding hydrogens is 250 g/mol. The third-order valence-electron chi connectivity index (χ3n) is 2.01. The van der Waals surface area contributed by atoms with Crippen LogP contribution in [0.25, 0.3) is 0 Å². The Balaban J connectivity index is 2.46. The number of halogens is 3. The van der Waals surface area contributed by atoms with Crippen LogP contribution in [0.2, 0.25) is 5.15 Å². The lowest BCUT2D eigenvalue weighted by Crippen LogP contribution is -2.09. The van der Waals surface area contributed by atoms with Gasteiger partial charge in [-0.2, -0.15) is 0 Å². The van der Waals surface area contributed by atoms with Gasteiger partial charge in [0.25, 0.3) is 6.43 Å². The zero-order valence-corrected chi connectivity index (χ0v) is 10.4. The van der Waals surface area contributed by atoms with Crippen LogP contribution in [0.3, 0.4) is 0 Å². The molecule has 6 heteroatoms. The molecule has 1 heterocycles. The first-order chi connectivity index (χ1) is 8.11. The molecule has 17 heavy (non-hydrogen) atoms. The fourth-order valence-electron chi connectivity index (χ4n) is 1.35. The smallest absolute Gasteiger partial charge is 0.261 e. The molecule has 0 aromatic carbocycles. The molecule has 0 aliphatic carbocycles. The molecule has 0 aliphatic heterocycles. The Morgan fingerprint density at radius 1 is 1.35 bits per heavy atom. The van der Waals surface area contributed by atoms with Gasteiger partial charge in [-0.25, -0.2) is 18.7 Å². The van der Waals surface area contributed by atoms with E-state index in [0.717, 1.165) is 18.5 Å². The van der Waals surface area contributed by atoms with Crippen LogP contribution in [0.4, 0.5) is 8.78 Å². The summed E-state index contributed by atoms with van der Waals surface area (Å²) >= 11 is 5.84. The fraction of sp³-hybridized carbons (Fsp3) is 0.636. The van der Waals surface area contributed by atoms with Crippen LogP contribution in [0.1, 0.15) is 24.9 Å². The van der Waals surface area contributed by atoms with E-state index in [0.29, 0.717) is 17.4 Å². The van der Waals surface area contributed by atoms with Crippen molar-refractivity contribution in [2.45, 2.75) is 32.6 Å². The third-order valence-corrected chi connectivity index (χ3v) is 2.21. The van der Waals surface area contributed by atoms with Gasteiger partial charge in [-0.15, -0.1) is 0 Å². The zero-order valence-electron chi connectivity index (χ0n) is 9.63. The van der Waals surface area contributed by atoms with Crippen LogP contribution in [0, 0.1) is 0 Å². The second-order valence-corrected chi connectivity index (χ2v) is 3.95. The van der Waals surface area contributed by atoms with E-state index in [9.17, 15) is 8.78 Å². The fourth-order valence-corrected chi connectivity index (χ4v) is 1.57. The zero-order chi connectivity index (χ0) is 12.7. The summed E-state index contributed by atoms with van der Waals surface area (Å²) in [7, 11) is 0. The highest BCUT2D eigenvalue weighted by Gasteiger charge is 2.05. The van der Waals surface area contributed by atoms with Crippen molar-refractivity contribution in [3.63, 3.8) is 0 Å². The van der Waals surface area contributed by atoms with Crippen LogP contribution in [-0.4, -0.2) is 29.6 Å². The number of aryl methyl sites for hydroxylation is 1. The van der Waals surface area contributed by atoms with Crippen molar-refractivity contribution in [3.8, 4) is 0 Å². The Morgan fingerprint density at radius 2 is 2.12 bits per heavy atom. The molecule has 96 valence electrons. The molecule has 0 bridgehead atoms. The normalized spacial score (nSPS) is 11.1. The van der Waals surface area contributed by atoms with E-state index in [-0.39, 0.29) is 6.61 Å². The summed E-state index contributed by atoms with van der Waals surface area (Å²) in [5.41, 5.74) is 0.872. The van der Waals surface area contributed by atoms with Gasteiger partial charge in [-0.05, 0) is 12.5 Å². The molecule has 1 aromatic rings. The van der Waals surface area contributed by atoms with Crippen molar-refractivity contribution in [3.05, 3.63) is 22.7 Å². The van der Waals surface area contributed by atoms with Crippen molar-refractivity contribution in [2.24, 2.45) is 0 Å². The summed E-state index contributed by atoms with van der Waals surface area (Å²) in [4.78, 5) is 8.30. The van der Waals surface area contributed by atoms with Gasteiger partial charge in [-0.3, -0.25) is 0 Å². The van der Waals surface area contributed by atoms with Crippen molar-refractivity contribution in [1.82, 2.24) is 9.97 Å². The molecule has 3 nitrogen and oxygen atoms in total. The highest BCUT2D eigenvalue weighted by Crippen LogP contribution is 2.09. The number of hydrogen-bond acceptors (Lipinski definition) is 3. The van der Waals surface area contributed by atoms with Crippen LogP contribution >= 0.6 is 11.6 Å². The van der Waals surface area contributed by atoms with Gasteiger partial charge in [0.1, 0.15) is 17.6 Å². The molecule has 0 saturated carbocycles.